The first-order valence-electron chi connectivity index (χ1n) is 9.91. The first kappa shape index (κ1) is 21.9. The third kappa shape index (κ3) is 5.63. The molecule has 0 aliphatic carbocycles. The van der Waals surface area contributed by atoms with Gasteiger partial charge in [0, 0.05) is 0 Å². The highest BCUT2D eigenvalue weighted by molar-refractivity contribution is 6.03. The molecule has 0 aliphatic rings. The van der Waals surface area contributed by atoms with Crippen LogP contribution in [0.1, 0.15) is 48.6 Å². The summed E-state index contributed by atoms with van der Waals surface area (Å²) in [5.74, 6) is 1.37. The molecule has 0 radical (unpaired) electrons. The van der Waals surface area contributed by atoms with Gasteiger partial charge in [-0.05, 0) is 54.8 Å². The molecule has 0 saturated carbocycles. The van der Waals surface area contributed by atoms with Crippen molar-refractivity contribution in [3.63, 3.8) is 0 Å². The van der Waals surface area contributed by atoms with E-state index in [9.17, 15) is 14.9 Å². The van der Waals surface area contributed by atoms with Gasteiger partial charge in [0.25, 0.3) is 11.6 Å². The molecule has 0 aliphatic heterocycles. The second kappa shape index (κ2) is 9.80. The lowest BCUT2D eigenvalue weighted by atomic mass is 10.0. The minimum atomic E-state index is -0.597. The Balaban J connectivity index is 1.64. The summed E-state index contributed by atoms with van der Waals surface area (Å²) in [5, 5.41) is 13.8. The Morgan fingerprint density at radius 1 is 1.06 bits per heavy atom. The van der Waals surface area contributed by atoms with Crippen molar-refractivity contribution in [2.75, 3.05) is 11.9 Å². The molecule has 1 amide bonds. The summed E-state index contributed by atoms with van der Waals surface area (Å²) < 4.78 is 16.5. The van der Waals surface area contributed by atoms with Crippen molar-refractivity contribution in [3.05, 3.63) is 81.8 Å². The maximum atomic E-state index is 12.5. The fourth-order valence-electron chi connectivity index (χ4n) is 2.89. The normalized spacial score (nSPS) is 10.7. The summed E-state index contributed by atoms with van der Waals surface area (Å²) in [7, 11) is 0. The van der Waals surface area contributed by atoms with Gasteiger partial charge in [0.05, 0.1) is 17.6 Å². The zero-order valence-corrected chi connectivity index (χ0v) is 17.6. The lowest BCUT2D eigenvalue weighted by Crippen LogP contribution is -2.12. The van der Waals surface area contributed by atoms with E-state index >= 15 is 0 Å². The van der Waals surface area contributed by atoms with E-state index in [4.69, 9.17) is 13.9 Å². The number of nitrogens with one attached hydrogen (secondary N) is 1. The molecular weight excluding hydrogens is 400 g/mol. The molecule has 1 heterocycles. The molecule has 8 heteroatoms. The maximum Gasteiger partial charge on any atom is 0.296 e. The number of anilines is 1. The topological polar surface area (TPSA) is 104 Å². The van der Waals surface area contributed by atoms with Gasteiger partial charge in [0.1, 0.15) is 29.6 Å². The minimum Gasteiger partial charge on any atom is -0.494 e. The molecule has 3 rings (SSSR count). The number of carbonyl (C=O) groups excluding carboxylic acids is 1. The van der Waals surface area contributed by atoms with Gasteiger partial charge in [-0.3, -0.25) is 14.9 Å². The number of ether oxygens (including phenoxy) is 2. The van der Waals surface area contributed by atoms with Crippen LogP contribution in [0.3, 0.4) is 0 Å². The van der Waals surface area contributed by atoms with Gasteiger partial charge in [-0.2, -0.15) is 0 Å². The Bertz CT molecular complexity index is 1060. The number of benzene rings is 2. The molecule has 0 fully saturated rings. The van der Waals surface area contributed by atoms with Crippen molar-refractivity contribution in [1.29, 1.82) is 0 Å². The summed E-state index contributed by atoms with van der Waals surface area (Å²) in [6, 6.07) is 15.2. The number of nitrogens with zero attached hydrogens (tertiary/aromatic N) is 1. The zero-order valence-electron chi connectivity index (χ0n) is 17.6. The van der Waals surface area contributed by atoms with Crippen molar-refractivity contribution < 1.29 is 23.6 Å². The largest absolute Gasteiger partial charge is 0.494 e. The van der Waals surface area contributed by atoms with E-state index in [1.165, 1.54) is 23.8 Å². The standard InChI is InChI=1S/C23H24N2O6/c1-4-29-18-9-11-20(21(13-18)25(27)28)24-23(26)22-12-10-19(31-22)14-30-17-7-5-16(6-8-17)15(2)3/h5-13,15H,4,14H2,1-3H3,(H,24,26). The predicted molar refractivity (Wildman–Crippen MR) is 116 cm³/mol. The predicted octanol–water partition coefficient (Wildman–Crippen LogP) is 5.54. The first-order valence-corrected chi connectivity index (χ1v) is 9.91. The minimum absolute atomic E-state index is 0.0249. The Hall–Kier alpha value is -3.81. The molecule has 0 spiro atoms. The van der Waals surface area contributed by atoms with Crippen LogP contribution in [0, 0.1) is 10.1 Å². The Morgan fingerprint density at radius 2 is 1.77 bits per heavy atom. The second-order valence-corrected chi connectivity index (χ2v) is 7.10. The lowest BCUT2D eigenvalue weighted by molar-refractivity contribution is -0.384. The van der Waals surface area contributed by atoms with Crippen LogP contribution < -0.4 is 14.8 Å². The van der Waals surface area contributed by atoms with Crippen molar-refractivity contribution >= 4 is 17.3 Å². The molecule has 3 aromatic rings. The van der Waals surface area contributed by atoms with Gasteiger partial charge in [-0.25, -0.2) is 0 Å². The number of hydrogen-bond acceptors (Lipinski definition) is 6. The number of carbonyl (C=O) groups is 1. The fraction of sp³-hybridized carbons (Fsp3) is 0.261. The fourth-order valence-corrected chi connectivity index (χ4v) is 2.89. The SMILES string of the molecule is CCOc1ccc(NC(=O)c2ccc(COc3ccc(C(C)C)cc3)o2)c([N+](=O)[O-])c1. The number of furan rings is 1. The van der Waals surface area contributed by atoms with E-state index in [2.05, 4.69) is 19.2 Å². The molecule has 0 saturated heterocycles. The molecule has 0 bridgehead atoms. The summed E-state index contributed by atoms with van der Waals surface area (Å²) in [6.45, 7) is 6.54. The average Bonchev–Trinajstić information content (AvgIpc) is 3.23. The smallest absolute Gasteiger partial charge is 0.296 e. The molecular formula is C23H24N2O6. The van der Waals surface area contributed by atoms with Crippen molar-refractivity contribution in [2.24, 2.45) is 0 Å². The van der Waals surface area contributed by atoms with Crippen LogP contribution in [0.4, 0.5) is 11.4 Å². The summed E-state index contributed by atoms with van der Waals surface area (Å²) in [4.78, 5) is 23.2. The highest BCUT2D eigenvalue weighted by atomic mass is 16.6. The van der Waals surface area contributed by atoms with E-state index in [-0.39, 0.29) is 23.7 Å². The van der Waals surface area contributed by atoms with Crippen LogP contribution in [0.5, 0.6) is 11.5 Å². The Morgan fingerprint density at radius 3 is 2.42 bits per heavy atom. The average molecular weight is 424 g/mol. The molecule has 31 heavy (non-hydrogen) atoms. The van der Waals surface area contributed by atoms with Crippen molar-refractivity contribution in [3.8, 4) is 11.5 Å². The van der Waals surface area contributed by atoms with E-state index in [1.54, 1.807) is 19.1 Å². The van der Waals surface area contributed by atoms with Gasteiger partial charge < -0.3 is 19.2 Å². The van der Waals surface area contributed by atoms with Gasteiger partial charge in [-0.1, -0.05) is 26.0 Å². The maximum absolute atomic E-state index is 12.5. The number of amides is 1. The highest BCUT2D eigenvalue weighted by Crippen LogP contribution is 2.29. The third-order valence-electron chi connectivity index (χ3n) is 4.54. The summed E-state index contributed by atoms with van der Waals surface area (Å²) in [6.07, 6.45) is 0. The lowest BCUT2D eigenvalue weighted by Gasteiger charge is -2.08. The van der Waals surface area contributed by atoms with E-state index < -0.39 is 10.8 Å². The molecule has 0 unspecified atom stereocenters. The Labute approximate surface area is 179 Å². The monoisotopic (exact) mass is 424 g/mol. The Kier molecular flexibility index (Phi) is 6.92. The number of hydrogen-bond donors (Lipinski definition) is 1. The van der Waals surface area contributed by atoms with Crippen molar-refractivity contribution in [1.82, 2.24) is 0 Å². The molecule has 1 N–H and O–H groups in total. The number of nitro groups is 1. The van der Waals surface area contributed by atoms with E-state index in [0.717, 1.165) is 0 Å². The van der Waals surface area contributed by atoms with Gasteiger partial charge in [-0.15, -0.1) is 0 Å². The van der Waals surface area contributed by atoms with Gasteiger partial charge >= 0.3 is 0 Å². The summed E-state index contributed by atoms with van der Waals surface area (Å²) in [5.41, 5.74) is 1.00. The highest BCUT2D eigenvalue weighted by Gasteiger charge is 2.20. The zero-order chi connectivity index (χ0) is 22.4. The second-order valence-electron chi connectivity index (χ2n) is 7.10. The molecule has 0 atom stereocenters. The van der Waals surface area contributed by atoms with E-state index in [0.29, 0.717) is 29.8 Å². The van der Waals surface area contributed by atoms with Crippen LogP contribution in [-0.4, -0.2) is 17.4 Å². The van der Waals surface area contributed by atoms with Gasteiger partial charge in [0.2, 0.25) is 0 Å². The van der Waals surface area contributed by atoms with Crippen LogP contribution in [0.25, 0.3) is 0 Å². The van der Waals surface area contributed by atoms with Crippen LogP contribution in [0.2, 0.25) is 0 Å². The van der Waals surface area contributed by atoms with Crippen LogP contribution >= 0.6 is 0 Å². The first-order chi connectivity index (χ1) is 14.9. The molecule has 2 aromatic carbocycles. The quantitative estimate of drug-likeness (QED) is 0.357. The van der Waals surface area contributed by atoms with Crippen molar-refractivity contribution in [2.45, 2.75) is 33.3 Å². The van der Waals surface area contributed by atoms with E-state index in [1.807, 2.05) is 24.3 Å². The molecule has 162 valence electrons. The molecule has 1 aromatic heterocycles. The van der Waals surface area contributed by atoms with Crippen LogP contribution in [0.15, 0.2) is 59.0 Å². The third-order valence-corrected chi connectivity index (χ3v) is 4.54. The number of nitro benzene ring substituents is 1. The summed E-state index contributed by atoms with van der Waals surface area (Å²) >= 11 is 0. The van der Waals surface area contributed by atoms with Crippen LogP contribution in [-0.2, 0) is 6.61 Å². The van der Waals surface area contributed by atoms with Gasteiger partial charge in [0.15, 0.2) is 5.76 Å². The number of rotatable bonds is 9. The molecule has 8 nitrogen and oxygen atoms in total.